The van der Waals surface area contributed by atoms with Crippen LogP contribution in [-0.4, -0.2) is 0 Å². The maximum absolute atomic E-state index is 12.9. The Morgan fingerprint density at radius 1 is 1.08 bits per heavy atom. The van der Waals surface area contributed by atoms with Gasteiger partial charge < -0.3 is 0 Å². The Bertz CT molecular complexity index is 330. The van der Waals surface area contributed by atoms with Crippen molar-refractivity contribution in [2.45, 2.75) is 31.1 Å². The summed E-state index contributed by atoms with van der Waals surface area (Å²) in [5.41, 5.74) is 2.72. The van der Waals surface area contributed by atoms with Gasteiger partial charge >= 0.3 is 0 Å². The molecule has 2 atom stereocenters. The lowest BCUT2D eigenvalue weighted by molar-refractivity contribution is 0.618. The summed E-state index contributed by atoms with van der Waals surface area (Å²) in [6, 6.07) is 5.31. The van der Waals surface area contributed by atoms with Gasteiger partial charge in [0.2, 0.25) is 0 Å². The smallest absolute Gasteiger partial charge is 0.123 e. The third-order valence-electron chi connectivity index (χ3n) is 3.36. The van der Waals surface area contributed by atoms with Crippen molar-refractivity contribution in [3.05, 3.63) is 35.1 Å². The van der Waals surface area contributed by atoms with E-state index in [4.69, 9.17) is 0 Å². The summed E-state index contributed by atoms with van der Waals surface area (Å²) in [6.45, 7) is 0. The highest BCUT2D eigenvalue weighted by Gasteiger charge is 2.36. The molecule has 3 rings (SSSR count). The topological polar surface area (TPSA) is 0 Å². The summed E-state index contributed by atoms with van der Waals surface area (Å²) in [6.07, 6.45) is 3.88. The largest absolute Gasteiger partial charge is 0.207 e. The standard InChI is InChI=1S/C11H11F/c12-9-3-4-10-7-1-2-8(5-7)11(10)6-9/h3-4,6-8H,1-2,5H2. The van der Waals surface area contributed by atoms with Crippen molar-refractivity contribution in [2.24, 2.45) is 0 Å². The van der Waals surface area contributed by atoms with Crippen molar-refractivity contribution in [1.82, 2.24) is 0 Å². The summed E-state index contributed by atoms with van der Waals surface area (Å²) >= 11 is 0. The van der Waals surface area contributed by atoms with Crippen molar-refractivity contribution in [3.8, 4) is 0 Å². The molecule has 12 heavy (non-hydrogen) atoms. The van der Waals surface area contributed by atoms with Gasteiger partial charge in [0.1, 0.15) is 5.82 Å². The number of rotatable bonds is 0. The molecule has 0 aliphatic heterocycles. The first-order valence-electron chi connectivity index (χ1n) is 4.64. The average molecular weight is 162 g/mol. The minimum absolute atomic E-state index is 0.0682. The summed E-state index contributed by atoms with van der Waals surface area (Å²) < 4.78 is 12.9. The van der Waals surface area contributed by atoms with E-state index in [-0.39, 0.29) is 5.82 Å². The van der Waals surface area contributed by atoms with Crippen molar-refractivity contribution in [2.75, 3.05) is 0 Å². The molecule has 2 unspecified atom stereocenters. The Labute approximate surface area is 71.4 Å². The molecule has 0 heterocycles. The fourth-order valence-corrected chi connectivity index (χ4v) is 2.82. The normalized spacial score (nSPS) is 30.8. The van der Waals surface area contributed by atoms with E-state index in [2.05, 4.69) is 0 Å². The average Bonchev–Trinajstić information content (AvgIpc) is 2.63. The SMILES string of the molecule is Fc1ccc2c(c1)C1CCC2C1. The Balaban J connectivity index is 2.20. The predicted molar refractivity (Wildman–Crippen MR) is 45.7 cm³/mol. The zero-order valence-electron chi connectivity index (χ0n) is 6.89. The third kappa shape index (κ3) is 0.715. The first-order valence-corrected chi connectivity index (χ1v) is 4.64. The number of hydrogen-bond acceptors (Lipinski definition) is 0. The van der Waals surface area contributed by atoms with E-state index >= 15 is 0 Å². The van der Waals surface area contributed by atoms with Crippen LogP contribution < -0.4 is 0 Å². The molecule has 2 aliphatic rings. The van der Waals surface area contributed by atoms with Crippen LogP contribution in [0.15, 0.2) is 18.2 Å². The molecule has 0 radical (unpaired) electrons. The van der Waals surface area contributed by atoms with Gasteiger partial charge in [0.05, 0.1) is 0 Å². The minimum Gasteiger partial charge on any atom is -0.207 e. The van der Waals surface area contributed by atoms with Crippen LogP contribution >= 0.6 is 0 Å². The monoisotopic (exact) mass is 162 g/mol. The maximum atomic E-state index is 12.9. The molecule has 0 spiro atoms. The molecule has 62 valence electrons. The van der Waals surface area contributed by atoms with Crippen LogP contribution in [0, 0.1) is 5.82 Å². The summed E-state index contributed by atoms with van der Waals surface area (Å²) in [5.74, 6) is 1.37. The molecule has 1 fully saturated rings. The highest BCUT2D eigenvalue weighted by atomic mass is 19.1. The molecular formula is C11H11F. The van der Waals surface area contributed by atoms with Gasteiger partial charge in [0.25, 0.3) is 0 Å². The Morgan fingerprint density at radius 3 is 2.67 bits per heavy atom. The quantitative estimate of drug-likeness (QED) is 0.549. The van der Waals surface area contributed by atoms with Gasteiger partial charge in [-0.05, 0) is 54.4 Å². The minimum atomic E-state index is -0.0682. The highest BCUT2D eigenvalue weighted by Crippen LogP contribution is 2.52. The Hall–Kier alpha value is -0.850. The fraction of sp³-hybridized carbons (Fsp3) is 0.455. The third-order valence-corrected chi connectivity index (χ3v) is 3.36. The molecule has 1 aromatic carbocycles. The van der Waals surface area contributed by atoms with E-state index in [1.165, 1.54) is 30.4 Å². The summed E-state index contributed by atoms with van der Waals surface area (Å²) in [7, 11) is 0. The lowest BCUT2D eigenvalue weighted by Gasteiger charge is -2.13. The van der Waals surface area contributed by atoms with Crippen LogP contribution in [0.2, 0.25) is 0 Å². The molecule has 0 aromatic heterocycles. The van der Waals surface area contributed by atoms with E-state index < -0.39 is 0 Å². The Kier molecular flexibility index (Phi) is 1.16. The summed E-state index contributed by atoms with van der Waals surface area (Å²) in [5, 5.41) is 0. The van der Waals surface area contributed by atoms with E-state index in [1.54, 1.807) is 12.1 Å². The molecule has 1 saturated carbocycles. The first kappa shape index (κ1) is 6.64. The van der Waals surface area contributed by atoms with E-state index in [0.29, 0.717) is 5.92 Å². The van der Waals surface area contributed by atoms with Crippen LogP contribution in [0.1, 0.15) is 42.2 Å². The second kappa shape index (κ2) is 2.09. The van der Waals surface area contributed by atoms with Crippen LogP contribution in [0.5, 0.6) is 0 Å². The molecule has 0 N–H and O–H groups in total. The van der Waals surface area contributed by atoms with Gasteiger partial charge in [-0.2, -0.15) is 0 Å². The van der Waals surface area contributed by atoms with Crippen LogP contribution in [0.3, 0.4) is 0 Å². The summed E-state index contributed by atoms with van der Waals surface area (Å²) in [4.78, 5) is 0. The van der Waals surface area contributed by atoms with Gasteiger partial charge in [0.15, 0.2) is 0 Å². The molecule has 1 heteroatoms. The molecule has 1 aromatic rings. The van der Waals surface area contributed by atoms with Crippen LogP contribution in [-0.2, 0) is 0 Å². The maximum Gasteiger partial charge on any atom is 0.123 e. The van der Waals surface area contributed by atoms with Crippen LogP contribution in [0.4, 0.5) is 4.39 Å². The number of fused-ring (bicyclic) bond motifs is 5. The molecule has 2 aliphatic carbocycles. The number of hydrogen-bond donors (Lipinski definition) is 0. The zero-order chi connectivity index (χ0) is 8.13. The molecule has 0 saturated heterocycles. The fourth-order valence-electron chi connectivity index (χ4n) is 2.82. The van der Waals surface area contributed by atoms with Crippen LogP contribution in [0.25, 0.3) is 0 Å². The van der Waals surface area contributed by atoms with Crippen molar-refractivity contribution in [3.63, 3.8) is 0 Å². The van der Waals surface area contributed by atoms with Crippen molar-refractivity contribution in [1.29, 1.82) is 0 Å². The molecule has 0 amide bonds. The lowest BCUT2D eigenvalue weighted by Crippen LogP contribution is -1.97. The van der Waals surface area contributed by atoms with Crippen molar-refractivity contribution < 1.29 is 4.39 Å². The van der Waals surface area contributed by atoms with Gasteiger partial charge in [-0.1, -0.05) is 6.07 Å². The van der Waals surface area contributed by atoms with Crippen molar-refractivity contribution >= 4 is 0 Å². The van der Waals surface area contributed by atoms with Gasteiger partial charge in [0, 0.05) is 0 Å². The van der Waals surface area contributed by atoms with Gasteiger partial charge in [-0.25, -0.2) is 4.39 Å². The van der Waals surface area contributed by atoms with E-state index in [9.17, 15) is 4.39 Å². The number of benzene rings is 1. The first-order chi connectivity index (χ1) is 5.84. The predicted octanol–water partition coefficient (Wildman–Crippen LogP) is 3.19. The lowest BCUT2D eigenvalue weighted by atomic mass is 9.92. The Morgan fingerprint density at radius 2 is 1.83 bits per heavy atom. The second-order valence-electron chi connectivity index (χ2n) is 3.98. The molecular weight excluding hydrogens is 151 g/mol. The second-order valence-corrected chi connectivity index (χ2v) is 3.98. The van der Waals surface area contributed by atoms with Gasteiger partial charge in [-0.3, -0.25) is 0 Å². The zero-order valence-corrected chi connectivity index (χ0v) is 6.89. The number of halogens is 1. The molecule has 0 nitrogen and oxygen atoms in total. The van der Waals surface area contributed by atoms with E-state index in [1.807, 2.05) is 6.07 Å². The van der Waals surface area contributed by atoms with E-state index in [0.717, 1.165) is 5.92 Å². The molecule has 2 bridgehead atoms. The van der Waals surface area contributed by atoms with Gasteiger partial charge in [-0.15, -0.1) is 0 Å². The highest BCUT2D eigenvalue weighted by molar-refractivity contribution is 5.41.